The van der Waals surface area contributed by atoms with Crippen LogP contribution in [0.25, 0.3) is 10.1 Å². The van der Waals surface area contributed by atoms with Crippen LogP contribution in [-0.2, 0) is 6.42 Å². The molecule has 118 valence electrons. The second-order valence-corrected chi connectivity index (χ2v) is 6.62. The van der Waals surface area contributed by atoms with Crippen LogP contribution >= 0.6 is 11.3 Å². The van der Waals surface area contributed by atoms with E-state index in [2.05, 4.69) is 35.0 Å². The quantitative estimate of drug-likeness (QED) is 0.771. The van der Waals surface area contributed by atoms with Crippen LogP contribution in [0.4, 0.5) is 5.69 Å². The van der Waals surface area contributed by atoms with Crippen LogP contribution in [0.3, 0.4) is 0 Å². The lowest BCUT2D eigenvalue weighted by Gasteiger charge is -2.13. The van der Waals surface area contributed by atoms with Crippen LogP contribution < -0.4 is 10.2 Å². The van der Waals surface area contributed by atoms with Gasteiger partial charge in [-0.15, -0.1) is 11.3 Å². The molecule has 0 fully saturated rings. The summed E-state index contributed by atoms with van der Waals surface area (Å²) in [7, 11) is 3.94. The van der Waals surface area contributed by atoms with Gasteiger partial charge in [-0.05, 0) is 47.0 Å². The average molecular weight is 324 g/mol. The van der Waals surface area contributed by atoms with Crippen LogP contribution in [0.1, 0.15) is 15.9 Å². The average Bonchev–Trinajstić information content (AvgIpc) is 2.98. The van der Waals surface area contributed by atoms with E-state index in [4.69, 9.17) is 0 Å². The smallest absolute Gasteiger partial charge is 0.251 e. The van der Waals surface area contributed by atoms with Crippen molar-refractivity contribution in [1.29, 1.82) is 0 Å². The highest BCUT2D eigenvalue weighted by Gasteiger charge is 2.08. The van der Waals surface area contributed by atoms with Gasteiger partial charge in [-0.2, -0.15) is 0 Å². The Hall–Kier alpha value is -2.33. The van der Waals surface area contributed by atoms with Gasteiger partial charge in [-0.3, -0.25) is 4.79 Å². The number of fused-ring (bicyclic) bond motifs is 1. The number of nitrogens with zero attached hydrogens (tertiary/aromatic N) is 1. The molecule has 0 saturated carbocycles. The number of carbonyl (C=O) groups excluding carboxylic acids is 1. The molecular formula is C19H20N2OS. The lowest BCUT2D eigenvalue weighted by Crippen LogP contribution is -2.25. The summed E-state index contributed by atoms with van der Waals surface area (Å²) in [6.45, 7) is 0.645. The number of hydrogen-bond acceptors (Lipinski definition) is 3. The van der Waals surface area contributed by atoms with Crippen molar-refractivity contribution in [3.8, 4) is 0 Å². The number of thiophene rings is 1. The number of carbonyl (C=O) groups is 1. The topological polar surface area (TPSA) is 32.3 Å². The van der Waals surface area contributed by atoms with E-state index in [1.807, 2.05) is 43.3 Å². The number of benzene rings is 2. The van der Waals surface area contributed by atoms with Gasteiger partial charge in [0.15, 0.2) is 0 Å². The van der Waals surface area contributed by atoms with E-state index >= 15 is 0 Å². The van der Waals surface area contributed by atoms with Crippen molar-refractivity contribution in [2.24, 2.45) is 0 Å². The highest BCUT2D eigenvalue weighted by Crippen LogP contribution is 2.25. The van der Waals surface area contributed by atoms with Crippen molar-refractivity contribution in [3.05, 3.63) is 65.0 Å². The molecule has 0 bridgehead atoms. The highest BCUT2D eigenvalue weighted by atomic mass is 32.1. The Balaban J connectivity index is 1.62. The summed E-state index contributed by atoms with van der Waals surface area (Å²) in [5, 5.41) is 6.49. The van der Waals surface area contributed by atoms with Crippen molar-refractivity contribution in [1.82, 2.24) is 5.32 Å². The molecule has 0 radical (unpaired) electrons. The lowest BCUT2D eigenvalue weighted by atomic mass is 10.1. The number of hydrogen-bond donors (Lipinski definition) is 1. The Morgan fingerprint density at radius 2 is 1.96 bits per heavy atom. The van der Waals surface area contributed by atoms with Crippen LogP contribution in [-0.4, -0.2) is 26.5 Å². The van der Waals surface area contributed by atoms with Gasteiger partial charge in [0, 0.05) is 36.6 Å². The Kier molecular flexibility index (Phi) is 4.63. The molecular weight excluding hydrogens is 304 g/mol. The molecule has 0 aliphatic rings. The Labute approximate surface area is 140 Å². The maximum Gasteiger partial charge on any atom is 0.251 e. The fourth-order valence-corrected chi connectivity index (χ4v) is 3.56. The summed E-state index contributed by atoms with van der Waals surface area (Å²) in [5.74, 6) is -0.0202. The van der Waals surface area contributed by atoms with Crippen LogP contribution in [0, 0.1) is 0 Å². The summed E-state index contributed by atoms with van der Waals surface area (Å²) in [4.78, 5) is 14.3. The molecule has 23 heavy (non-hydrogen) atoms. The van der Waals surface area contributed by atoms with Gasteiger partial charge in [-0.1, -0.05) is 24.3 Å². The predicted molar refractivity (Wildman–Crippen MR) is 98.6 cm³/mol. The Morgan fingerprint density at radius 3 is 2.78 bits per heavy atom. The summed E-state index contributed by atoms with van der Waals surface area (Å²) < 4.78 is 1.30. The molecule has 2 aromatic carbocycles. The molecule has 1 N–H and O–H groups in total. The molecule has 3 aromatic rings. The number of nitrogens with one attached hydrogen (secondary N) is 1. The number of rotatable bonds is 5. The van der Waals surface area contributed by atoms with Crippen molar-refractivity contribution < 1.29 is 4.79 Å². The minimum Gasteiger partial charge on any atom is -0.378 e. The second kappa shape index (κ2) is 6.84. The highest BCUT2D eigenvalue weighted by molar-refractivity contribution is 7.17. The molecule has 4 heteroatoms. The molecule has 0 saturated heterocycles. The molecule has 0 atom stereocenters. The normalized spacial score (nSPS) is 10.7. The van der Waals surface area contributed by atoms with Gasteiger partial charge >= 0.3 is 0 Å². The molecule has 0 aliphatic carbocycles. The van der Waals surface area contributed by atoms with Gasteiger partial charge in [0.25, 0.3) is 5.91 Å². The number of anilines is 1. The zero-order valence-corrected chi connectivity index (χ0v) is 14.2. The maximum absolute atomic E-state index is 12.3. The first-order valence-electron chi connectivity index (χ1n) is 7.66. The van der Waals surface area contributed by atoms with Crippen molar-refractivity contribution >= 4 is 33.0 Å². The lowest BCUT2D eigenvalue weighted by molar-refractivity contribution is 0.0954. The molecule has 1 amide bonds. The van der Waals surface area contributed by atoms with E-state index in [9.17, 15) is 4.79 Å². The molecule has 1 aromatic heterocycles. The van der Waals surface area contributed by atoms with E-state index in [1.54, 1.807) is 11.3 Å². The second-order valence-electron chi connectivity index (χ2n) is 5.71. The van der Waals surface area contributed by atoms with Crippen LogP contribution in [0.5, 0.6) is 0 Å². The van der Waals surface area contributed by atoms with E-state index in [-0.39, 0.29) is 5.91 Å². The van der Waals surface area contributed by atoms with Gasteiger partial charge in [0.05, 0.1) is 0 Å². The summed E-state index contributed by atoms with van der Waals surface area (Å²) in [5.41, 5.74) is 3.03. The van der Waals surface area contributed by atoms with Gasteiger partial charge in [0.2, 0.25) is 0 Å². The van der Waals surface area contributed by atoms with E-state index < -0.39 is 0 Å². The fraction of sp³-hybridized carbons (Fsp3) is 0.211. The third-order valence-corrected chi connectivity index (χ3v) is 4.88. The summed E-state index contributed by atoms with van der Waals surface area (Å²) >= 11 is 1.76. The zero-order chi connectivity index (χ0) is 16.2. The zero-order valence-electron chi connectivity index (χ0n) is 13.4. The minimum absolute atomic E-state index is 0.0202. The molecule has 0 aliphatic heterocycles. The first-order valence-corrected chi connectivity index (χ1v) is 8.54. The van der Waals surface area contributed by atoms with E-state index in [0.717, 1.165) is 12.1 Å². The third kappa shape index (κ3) is 3.54. The van der Waals surface area contributed by atoms with E-state index in [0.29, 0.717) is 12.1 Å². The summed E-state index contributed by atoms with van der Waals surface area (Å²) in [6, 6.07) is 16.1. The molecule has 3 nitrogen and oxygen atoms in total. The maximum atomic E-state index is 12.3. The Bertz CT molecular complexity index is 823. The fourth-order valence-electron chi connectivity index (χ4n) is 2.56. The monoisotopic (exact) mass is 324 g/mol. The first-order chi connectivity index (χ1) is 11.1. The SMILES string of the molecule is CN(C)c1cccc(C(=O)NCCc2csc3ccccc23)c1. The van der Waals surface area contributed by atoms with Gasteiger partial charge in [0.1, 0.15) is 0 Å². The van der Waals surface area contributed by atoms with Gasteiger partial charge in [-0.25, -0.2) is 0 Å². The summed E-state index contributed by atoms with van der Waals surface area (Å²) in [6.07, 6.45) is 0.850. The van der Waals surface area contributed by atoms with Crippen molar-refractivity contribution in [2.75, 3.05) is 25.5 Å². The molecule has 0 unspecified atom stereocenters. The van der Waals surface area contributed by atoms with Crippen LogP contribution in [0.2, 0.25) is 0 Å². The van der Waals surface area contributed by atoms with Crippen molar-refractivity contribution in [2.45, 2.75) is 6.42 Å². The first kappa shape index (κ1) is 15.6. The van der Waals surface area contributed by atoms with E-state index in [1.165, 1.54) is 15.6 Å². The third-order valence-electron chi connectivity index (χ3n) is 3.87. The molecule has 0 spiro atoms. The van der Waals surface area contributed by atoms with Crippen molar-refractivity contribution in [3.63, 3.8) is 0 Å². The number of amides is 1. The Morgan fingerprint density at radius 1 is 1.13 bits per heavy atom. The molecule has 1 heterocycles. The standard InChI is InChI=1S/C19H20N2OS/c1-21(2)16-7-5-6-14(12-16)19(22)20-11-10-15-13-23-18-9-4-3-8-17(15)18/h3-9,12-13H,10-11H2,1-2H3,(H,20,22). The predicted octanol–water partition coefficient (Wildman–Crippen LogP) is 3.94. The van der Waals surface area contributed by atoms with Gasteiger partial charge < -0.3 is 10.2 Å². The largest absolute Gasteiger partial charge is 0.378 e. The molecule has 3 rings (SSSR count). The minimum atomic E-state index is -0.0202. The van der Waals surface area contributed by atoms with Crippen LogP contribution in [0.15, 0.2) is 53.9 Å².